The molecular weight excluding hydrogens is 240 g/mol. The Hall–Kier alpha value is -2.08. The molecule has 0 atom stereocenters. The van der Waals surface area contributed by atoms with Crippen molar-refractivity contribution in [1.29, 1.82) is 0 Å². The molecule has 0 unspecified atom stereocenters. The van der Waals surface area contributed by atoms with E-state index in [2.05, 4.69) is 75.5 Å². The van der Waals surface area contributed by atoms with Crippen molar-refractivity contribution >= 4 is 0 Å². The van der Waals surface area contributed by atoms with Crippen LogP contribution in [-0.2, 0) is 12.8 Å². The van der Waals surface area contributed by atoms with Gasteiger partial charge in [-0.1, -0.05) is 72.8 Å². The predicted molar refractivity (Wildman–Crippen MR) is 88.9 cm³/mol. The minimum Gasteiger partial charge on any atom is -0.0998 e. The van der Waals surface area contributed by atoms with Crippen molar-refractivity contribution in [2.24, 2.45) is 0 Å². The van der Waals surface area contributed by atoms with E-state index < -0.39 is 0 Å². The fourth-order valence-electron chi connectivity index (χ4n) is 2.33. The lowest BCUT2D eigenvalue weighted by Gasteiger charge is -2.06. The molecule has 0 nitrogen and oxygen atoms in total. The van der Waals surface area contributed by atoms with E-state index in [0.29, 0.717) is 0 Å². The summed E-state index contributed by atoms with van der Waals surface area (Å²) in [5, 5.41) is 0. The first-order valence-electron chi connectivity index (χ1n) is 7.01. The molecule has 0 spiro atoms. The molecule has 2 aromatic rings. The van der Waals surface area contributed by atoms with Crippen LogP contribution in [-0.4, -0.2) is 0 Å². The summed E-state index contributed by atoms with van der Waals surface area (Å²) in [7, 11) is 0. The maximum absolute atomic E-state index is 3.96. The molecule has 0 heteroatoms. The molecule has 0 aliphatic carbocycles. The highest BCUT2D eigenvalue weighted by molar-refractivity contribution is 5.64. The van der Waals surface area contributed by atoms with Gasteiger partial charge >= 0.3 is 0 Å². The Morgan fingerprint density at radius 3 is 1.20 bits per heavy atom. The van der Waals surface area contributed by atoms with Crippen molar-refractivity contribution in [2.75, 3.05) is 0 Å². The molecule has 0 bridgehead atoms. The van der Waals surface area contributed by atoms with Crippen LogP contribution < -0.4 is 0 Å². The highest BCUT2D eigenvalue weighted by atomic mass is 14.0. The first-order valence-corrected chi connectivity index (χ1v) is 7.01. The molecular formula is C20H22. The molecule has 0 saturated heterocycles. The summed E-state index contributed by atoms with van der Waals surface area (Å²) in [4.78, 5) is 0. The highest BCUT2D eigenvalue weighted by Gasteiger charge is 2.00. The van der Waals surface area contributed by atoms with Gasteiger partial charge in [0, 0.05) is 0 Å². The molecule has 0 aliphatic rings. The molecule has 0 aromatic heterocycles. The van der Waals surface area contributed by atoms with Crippen molar-refractivity contribution in [2.45, 2.75) is 26.7 Å². The van der Waals surface area contributed by atoms with Crippen LogP contribution in [0.4, 0.5) is 0 Å². The quantitative estimate of drug-likeness (QED) is 0.616. The largest absolute Gasteiger partial charge is 0.0998 e. The fourth-order valence-corrected chi connectivity index (χ4v) is 2.33. The topological polar surface area (TPSA) is 0 Å². The lowest BCUT2D eigenvalue weighted by molar-refractivity contribution is 1.15. The van der Waals surface area contributed by atoms with Gasteiger partial charge in [0.25, 0.3) is 0 Å². The Morgan fingerprint density at radius 1 is 0.650 bits per heavy atom. The van der Waals surface area contributed by atoms with Crippen LogP contribution in [0.25, 0.3) is 11.1 Å². The molecule has 0 heterocycles. The van der Waals surface area contributed by atoms with E-state index in [0.717, 1.165) is 12.8 Å². The van der Waals surface area contributed by atoms with Crippen LogP contribution in [0.3, 0.4) is 0 Å². The number of allylic oxidation sites excluding steroid dienone is 2. The van der Waals surface area contributed by atoms with Crippen LogP contribution in [0.1, 0.15) is 25.0 Å². The van der Waals surface area contributed by atoms with E-state index in [1.807, 2.05) is 0 Å². The summed E-state index contributed by atoms with van der Waals surface area (Å²) < 4.78 is 0. The van der Waals surface area contributed by atoms with E-state index in [4.69, 9.17) is 0 Å². The van der Waals surface area contributed by atoms with Gasteiger partial charge in [-0.15, -0.1) is 0 Å². The maximum atomic E-state index is 3.96. The van der Waals surface area contributed by atoms with Gasteiger partial charge in [0.2, 0.25) is 0 Å². The number of rotatable bonds is 5. The first kappa shape index (κ1) is 14.3. The minimum atomic E-state index is 0.956. The zero-order valence-corrected chi connectivity index (χ0v) is 12.4. The Morgan fingerprint density at radius 2 is 0.950 bits per heavy atom. The van der Waals surface area contributed by atoms with E-state index >= 15 is 0 Å². The van der Waals surface area contributed by atoms with E-state index in [1.54, 1.807) is 0 Å². The van der Waals surface area contributed by atoms with Crippen molar-refractivity contribution in [3.05, 3.63) is 84.0 Å². The van der Waals surface area contributed by atoms with Crippen LogP contribution in [0.15, 0.2) is 72.8 Å². The molecule has 20 heavy (non-hydrogen) atoms. The Bertz CT molecular complexity index is 540. The molecule has 2 aromatic carbocycles. The number of benzene rings is 2. The van der Waals surface area contributed by atoms with Crippen molar-refractivity contribution < 1.29 is 0 Å². The third kappa shape index (κ3) is 3.96. The summed E-state index contributed by atoms with van der Waals surface area (Å²) in [5.74, 6) is 0. The average molecular weight is 262 g/mol. The summed E-state index contributed by atoms with van der Waals surface area (Å²) in [5.41, 5.74) is 7.55. The standard InChI is InChI=1S/C20H22/c1-15(2)13-17-5-9-19(10-6-17)20-11-7-18(8-12-20)14-16(3)4/h5-12H,1,3,13-14H2,2,4H3. The van der Waals surface area contributed by atoms with Gasteiger partial charge in [0.05, 0.1) is 0 Å². The van der Waals surface area contributed by atoms with Gasteiger partial charge < -0.3 is 0 Å². The van der Waals surface area contributed by atoms with Gasteiger partial charge in [-0.05, 0) is 48.9 Å². The summed E-state index contributed by atoms with van der Waals surface area (Å²) in [6.07, 6.45) is 1.91. The highest BCUT2D eigenvalue weighted by Crippen LogP contribution is 2.21. The molecule has 0 N–H and O–H groups in total. The lowest BCUT2D eigenvalue weighted by Crippen LogP contribution is -1.87. The molecule has 0 amide bonds. The van der Waals surface area contributed by atoms with Crippen molar-refractivity contribution in [3.8, 4) is 11.1 Å². The Kier molecular flexibility index (Phi) is 4.57. The molecule has 2 rings (SSSR count). The van der Waals surface area contributed by atoms with Gasteiger partial charge in [0.15, 0.2) is 0 Å². The molecule has 102 valence electrons. The maximum Gasteiger partial charge on any atom is -0.00726 e. The van der Waals surface area contributed by atoms with E-state index in [1.165, 1.54) is 33.4 Å². The third-order valence-electron chi connectivity index (χ3n) is 3.25. The zero-order valence-electron chi connectivity index (χ0n) is 12.4. The first-order chi connectivity index (χ1) is 9.54. The van der Waals surface area contributed by atoms with Crippen LogP contribution in [0.5, 0.6) is 0 Å². The monoisotopic (exact) mass is 262 g/mol. The molecule has 0 radical (unpaired) electrons. The van der Waals surface area contributed by atoms with Gasteiger partial charge in [-0.3, -0.25) is 0 Å². The third-order valence-corrected chi connectivity index (χ3v) is 3.25. The van der Waals surface area contributed by atoms with E-state index in [9.17, 15) is 0 Å². The van der Waals surface area contributed by atoms with Gasteiger partial charge in [-0.2, -0.15) is 0 Å². The Balaban J connectivity index is 2.15. The molecule has 0 aliphatic heterocycles. The van der Waals surface area contributed by atoms with Crippen LogP contribution in [0.2, 0.25) is 0 Å². The van der Waals surface area contributed by atoms with Crippen molar-refractivity contribution in [3.63, 3.8) is 0 Å². The van der Waals surface area contributed by atoms with Gasteiger partial charge in [0.1, 0.15) is 0 Å². The second kappa shape index (κ2) is 6.38. The SMILES string of the molecule is C=C(C)Cc1ccc(-c2ccc(CC(=C)C)cc2)cc1. The molecule has 0 fully saturated rings. The second-order valence-electron chi connectivity index (χ2n) is 5.66. The van der Waals surface area contributed by atoms with Crippen LogP contribution >= 0.6 is 0 Å². The number of hydrogen-bond donors (Lipinski definition) is 0. The molecule has 0 saturated carbocycles. The van der Waals surface area contributed by atoms with Crippen LogP contribution in [0, 0.1) is 0 Å². The normalized spacial score (nSPS) is 10.3. The van der Waals surface area contributed by atoms with Gasteiger partial charge in [-0.25, -0.2) is 0 Å². The number of hydrogen-bond acceptors (Lipinski definition) is 0. The van der Waals surface area contributed by atoms with Crippen molar-refractivity contribution in [1.82, 2.24) is 0 Å². The lowest BCUT2D eigenvalue weighted by atomic mass is 9.99. The average Bonchev–Trinajstić information content (AvgIpc) is 2.39. The summed E-state index contributed by atoms with van der Waals surface area (Å²) >= 11 is 0. The summed E-state index contributed by atoms with van der Waals surface area (Å²) in [6.45, 7) is 12.0. The van der Waals surface area contributed by atoms with E-state index in [-0.39, 0.29) is 0 Å². The second-order valence-corrected chi connectivity index (χ2v) is 5.66. The zero-order chi connectivity index (χ0) is 14.5. The Labute approximate surface area is 122 Å². The fraction of sp³-hybridized carbons (Fsp3) is 0.200. The minimum absolute atomic E-state index is 0.956. The summed E-state index contributed by atoms with van der Waals surface area (Å²) in [6, 6.07) is 17.5. The predicted octanol–water partition coefficient (Wildman–Crippen LogP) is 5.59. The smallest absolute Gasteiger partial charge is 0.00726 e.